The topological polar surface area (TPSA) is 70.2 Å². The first-order valence-corrected chi connectivity index (χ1v) is 17.1. The van der Waals surface area contributed by atoms with E-state index >= 15 is 0 Å². The van der Waals surface area contributed by atoms with E-state index in [0.717, 1.165) is 53.8 Å². The molecule has 2 aliphatic heterocycles. The molecule has 1 atom stereocenters. The van der Waals surface area contributed by atoms with E-state index in [-0.39, 0.29) is 11.6 Å². The van der Waals surface area contributed by atoms with Crippen molar-refractivity contribution in [3.05, 3.63) is 88.5 Å². The number of pyridine rings is 2. The molecule has 4 aromatic rings. The highest BCUT2D eigenvalue weighted by Crippen LogP contribution is 2.52. The van der Waals surface area contributed by atoms with E-state index in [4.69, 9.17) is 9.72 Å². The monoisotopic (exact) mass is 610 g/mol. The van der Waals surface area contributed by atoms with Gasteiger partial charge in [-0.3, -0.25) is 9.78 Å². The van der Waals surface area contributed by atoms with Crippen molar-refractivity contribution in [1.82, 2.24) is 9.97 Å². The number of hydrogen-bond acceptors (Lipinski definition) is 7. The van der Waals surface area contributed by atoms with E-state index in [1.54, 1.807) is 17.8 Å². The van der Waals surface area contributed by atoms with E-state index in [1.807, 2.05) is 18.0 Å². The van der Waals surface area contributed by atoms with Crippen LogP contribution >= 0.6 is 23.5 Å². The first-order chi connectivity index (χ1) is 21.1. The molecule has 1 unspecified atom stereocenters. The second kappa shape index (κ2) is 12.8. The summed E-state index contributed by atoms with van der Waals surface area (Å²) in [5, 5.41) is 3.88. The molecule has 8 heteroatoms. The van der Waals surface area contributed by atoms with E-state index < -0.39 is 0 Å². The average molecular weight is 611 g/mol. The number of nitrogens with zero attached hydrogens (tertiary/aromatic N) is 2. The quantitative estimate of drug-likeness (QED) is 0.192. The minimum Gasteiger partial charge on any atom is -0.378 e. The van der Waals surface area contributed by atoms with Crippen LogP contribution in [0.5, 0.6) is 0 Å². The molecule has 0 bridgehead atoms. The molecule has 222 valence electrons. The highest BCUT2D eigenvalue weighted by molar-refractivity contribution is 8.05. The average Bonchev–Trinajstić information content (AvgIpc) is 3.04. The van der Waals surface area contributed by atoms with Crippen LogP contribution in [-0.4, -0.2) is 36.3 Å². The lowest BCUT2D eigenvalue weighted by Gasteiger charge is -2.29. The molecule has 2 aromatic heterocycles. The second-order valence-electron chi connectivity index (χ2n) is 11.9. The molecule has 0 spiro atoms. The van der Waals surface area contributed by atoms with Gasteiger partial charge < -0.3 is 19.9 Å². The molecule has 3 aliphatic rings. The molecule has 0 radical (unpaired) electrons. The number of H-pyrrole nitrogens is 1. The molecular formula is C35H38N4O2S2. The molecular weight excluding hydrogens is 573 g/mol. The summed E-state index contributed by atoms with van der Waals surface area (Å²) in [5.41, 5.74) is 6.25. The van der Waals surface area contributed by atoms with Crippen LogP contribution in [-0.2, 0) is 4.74 Å². The molecule has 7 rings (SSSR count). The number of fused-ring (bicyclic) bond motifs is 2. The Morgan fingerprint density at radius 2 is 1.84 bits per heavy atom. The number of hydrogen-bond donors (Lipinski definition) is 2. The normalized spacial score (nSPS) is 17.7. The van der Waals surface area contributed by atoms with Gasteiger partial charge in [0.05, 0.1) is 30.6 Å². The number of benzene rings is 2. The fourth-order valence-corrected chi connectivity index (χ4v) is 8.89. The fraction of sp³-hybridized carbons (Fsp3) is 0.371. The lowest BCUT2D eigenvalue weighted by atomic mass is 9.84. The number of aryl methyl sites for hydroxylation is 1. The zero-order valence-corrected chi connectivity index (χ0v) is 26.2. The maximum atomic E-state index is 12.7. The summed E-state index contributed by atoms with van der Waals surface area (Å²) in [6, 6.07) is 21.5. The fourth-order valence-electron chi connectivity index (χ4n) is 6.48. The second-order valence-corrected chi connectivity index (χ2v) is 14.0. The Labute approximate surface area is 262 Å². The van der Waals surface area contributed by atoms with Gasteiger partial charge in [-0.1, -0.05) is 73.8 Å². The van der Waals surface area contributed by atoms with Crippen LogP contribution < -0.4 is 15.8 Å². The Balaban J connectivity index is 1.14. The summed E-state index contributed by atoms with van der Waals surface area (Å²) >= 11 is 3.60. The number of anilines is 2. The maximum absolute atomic E-state index is 12.7. The minimum absolute atomic E-state index is 0.0768. The summed E-state index contributed by atoms with van der Waals surface area (Å²) in [7, 11) is 0. The van der Waals surface area contributed by atoms with Gasteiger partial charge in [-0.15, -0.1) is 0 Å². The van der Waals surface area contributed by atoms with Crippen molar-refractivity contribution >= 4 is 34.9 Å². The highest BCUT2D eigenvalue weighted by atomic mass is 32.2. The summed E-state index contributed by atoms with van der Waals surface area (Å²) in [6.45, 7) is 5.06. The molecule has 1 saturated carbocycles. The smallest absolute Gasteiger partial charge is 0.250 e. The third-order valence-corrected chi connectivity index (χ3v) is 11.4. The molecule has 2 fully saturated rings. The number of aromatic nitrogens is 2. The highest BCUT2D eigenvalue weighted by Gasteiger charge is 2.24. The van der Waals surface area contributed by atoms with Gasteiger partial charge in [-0.25, -0.2) is 0 Å². The molecule has 1 saturated heterocycles. The number of morpholine rings is 1. The van der Waals surface area contributed by atoms with Crippen LogP contribution in [0.4, 0.5) is 11.4 Å². The first kappa shape index (κ1) is 28.6. The predicted molar refractivity (Wildman–Crippen MR) is 177 cm³/mol. The molecule has 4 heterocycles. The largest absolute Gasteiger partial charge is 0.378 e. The van der Waals surface area contributed by atoms with Gasteiger partial charge in [0, 0.05) is 61.9 Å². The Hall–Kier alpha value is -3.20. The Kier molecular flexibility index (Phi) is 8.51. The predicted octanol–water partition coefficient (Wildman–Crippen LogP) is 8.32. The minimum atomic E-state index is -0.0768. The lowest BCUT2D eigenvalue weighted by Crippen LogP contribution is -2.36. The summed E-state index contributed by atoms with van der Waals surface area (Å²) < 4.78 is 5.52. The first-order valence-electron chi connectivity index (χ1n) is 15.5. The van der Waals surface area contributed by atoms with Crippen molar-refractivity contribution in [3.63, 3.8) is 0 Å². The van der Waals surface area contributed by atoms with Crippen LogP contribution in [0.25, 0.3) is 11.3 Å². The van der Waals surface area contributed by atoms with Crippen molar-refractivity contribution in [1.29, 1.82) is 0 Å². The van der Waals surface area contributed by atoms with Gasteiger partial charge >= 0.3 is 0 Å². The molecule has 43 heavy (non-hydrogen) atoms. The van der Waals surface area contributed by atoms with Crippen LogP contribution in [0, 0.1) is 12.8 Å². The molecule has 2 N–H and O–H groups in total. The number of aromatic amines is 1. The van der Waals surface area contributed by atoms with E-state index in [0.29, 0.717) is 13.2 Å². The molecule has 2 aromatic carbocycles. The molecule has 0 amide bonds. The number of rotatable bonds is 7. The maximum Gasteiger partial charge on any atom is 0.250 e. The van der Waals surface area contributed by atoms with E-state index in [2.05, 4.69) is 76.7 Å². The van der Waals surface area contributed by atoms with Gasteiger partial charge in [-0.2, -0.15) is 0 Å². The summed E-state index contributed by atoms with van der Waals surface area (Å²) in [6.07, 6.45) is 9.80. The number of nitrogens with one attached hydrogen (secondary N) is 2. The Bertz CT molecular complexity index is 1640. The van der Waals surface area contributed by atoms with Crippen LogP contribution in [0.3, 0.4) is 0 Å². The summed E-state index contributed by atoms with van der Waals surface area (Å²) in [4.78, 5) is 27.8. The van der Waals surface area contributed by atoms with Gasteiger partial charge in [0.15, 0.2) is 0 Å². The van der Waals surface area contributed by atoms with Crippen molar-refractivity contribution in [2.75, 3.05) is 36.5 Å². The third kappa shape index (κ3) is 6.52. The van der Waals surface area contributed by atoms with Crippen LogP contribution in [0.2, 0.25) is 0 Å². The Morgan fingerprint density at radius 1 is 0.977 bits per heavy atom. The standard InChI is InChI=1S/C35H38N4O2S2/c1-23-10-12-28(36-22-23)30(18-24-6-3-2-4-7-24)37-25-11-13-31-33(19-25)42-32-9-5-8-27(35(32)43-31)29-20-26(21-34(40)38-29)39-14-16-41-17-15-39/h5,8-13,19-22,24,30,37H,2-4,6-7,14-18H2,1H3,(H,38,40). The van der Waals surface area contributed by atoms with Gasteiger partial charge in [0.2, 0.25) is 5.56 Å². The SMILES string of the molecule is Cc1ccc(C(CC2CCCCC2)Nc2ccc3c(c2)Sc2cccc(-c4cc(N5CCOCC5)cc(=O)[nH]4)c2S3)nc1. The molecule has 6 nitrogen and oxygen atoms in total. The van der Waals surface area contributed by atoms with E-state index in [9.17, 15) is 4.79 Å². The summed E-state index contributed by atoms with van der Waals surface area (Å²) in [5.74, 6) is 0.746. The van der Waals surface area contributed by atoms with Crippen LogP contribution in [0.15, 0.2) is 91.2 Å². The van der Waals surface area contributed by atoms with Crippen molar-refractivity contribution in [3.8, 4) is 11.3 Å². The van der Waals surface area contributed by atoms with Crippen molar-refractivity contribution in [2.45, 2.75) is 71.1 Å². The van der Waals surface area contributed by atoms with Gasteiger partial charge in [-0.05, 0) is 61.2 Å². The van der Waals surface area contributed by atoms with Crippen molar-refractivity contribution in [2.24, 2.45) is 5.92 Å². The lowest BCUT2D eigenvalue weighted by molar-refractivity contribution is 0.122. The molecule has 1 aliphatic carbocycles. The zero-order chi connectivity index (χ0) is 29.2. The van der Waals surface area contributed by atoms with Crippen LogP contribution in [0.1, 0.15) is 55.8 Å². The number of ether oxygens (including phenoxy) is 1. The van der Waals surface area contributed by atoms with Gasteiger partial charge in [0.25, 0.3) is 0 Å². The van der Waals surface area contributed by atoms with E-state index in [1.165, 1.54) is 57.2 Å². The zero-order valence-electron chi connectivity index (χ0n) is 24.6. The third-order valence-electron chi connectivity index (χ3n) is 8.78. The Morgan fingerprint density at radius 3 is 2.65 bits per heavy atom. The van der Waals surface area contributed by atoms with Crippen molar-refractivity contribution < 1.29 is 4.74 Å². The van der Waals surface area contributed by atoms with Gasteiger partial charge in [0.1, 0.15) is 0 Å².